The highest BCUT2D eigenvalue weighted by Crippen LogP contribution is 2.33. The fourth-order valence-corrected chi connectivity index (χ4v) is 1.54. The van der Waals surface area contributed by atoms with Crippen LogP contribution in [0.4, 0.5) is 0 Å². The van der Waals surface area contributed by atoms with Crippen LogP contribution >= 0.6 is 0 Å². The maximum Gasteiger partial charge on any atom is 0.222 e. The van der Waals surface area contributed by atoms with Crippen molar-refractivity contribution in [3.05, 3.63) is 22.3 Å². The van der Waals surface area contributed by atoms with Gasteiger partial charge in [0.25, 0.3) is 0 Å². The molecule has 68 valence electrons. The first-order valence-corrected chi connectivity index (χ1v) is 4.27. The first kappa shape index (κ1) is 9.23. The smallest absolute Gasteiger partial charge is 0.222 e. The second-order valence-corrected chi connectivity index (χ2v) is 4.12. The molecule has 0 spiro atoms. The van der Waals surface area contributed by atoms with E-state index in [1.54, 1.807) is 13.8 Å². The van der Waals surface area contributed by atoms with Crippen LogP contribution in [0, 0.1) is 22.0 Å². The minimum Gasteiger partial charge on any atom is -0.264 e. The Bertz CT molecular complexity index is 221. The summed E-state index contributed by atoms with van der Waals surface area (Å²) in [7, 11) is 0. The fourth-order valence-electron chi connectivity index (χ4n) is 1.54. The van der Waals surface area contributed by atoms with Gasteiger partial charge in [-0.15, -0.1) is 0 Å². The fraction of sp³-hybridized carbons (Fsp3) is 0.778. The first-order valence-electron chi connectivity index (χ1n) is 4.27. The van der Waals surface area contributed by atoms with Crippen molar-refractivity contribution in [2.75, 3.05) is 0 Å². The molecule has 2 atom stereocenters. The van der Waals surface area contributed by atoms with Crippen LogP contribution in [0.15, 0.2) is 12.2 Å². The molecular formula is C9H15NO2. The SMILES string of the molecule is CC1C=CC(C(C)(C)[N+](=O)[O-])C1. The predicted molar refractivity (Wildman–Crippen MR) is 47.5 cm³/mol. The van der Waals surface area contributed by atoms with Gasteiger partial charge in [-0.2, -0.15) is 0 Å². The Morgan fingerprint density at radius 1 is 1.50 bits per heavy atom. The lowest BCUT2D eigenvalue weighted by Gasteiger charge is -2.21. The maximum absolute atomic E-state index is 10.7. The molecular weight excluding hydrogens is 154 g/mol. The van der Waals surface area contributed by atoms with Crippen molar-refractivity contribution in [3.8, 4) is 0 Å². The molecule has 0 aromatic carbocycles. The summed E-state index contributed by atoms with van der Waals surface area (Å²) in [4.78, 5) is 10.5. The molecule has 2 unspecified atom stereocenters. The molecule has 0 fully saturated rings. The lowest BCUT2D eigenvalue weighted by Crippen LogP contribution is -2.38. The van der Waals surface area contributed by atoms with E-state index in [1.165, 1.54) is 0 Å². The van der Waals surface area contributed by atoms with E-state index in [9.17, 15) is 10.1 Å². The van der Waals surface area contributed by atoms with Crippen molar-refractivity contribution in [2.45, 2.75) is 32.7 Å². The maximum atomic E-state index is 10.7. The molecule has 1 aliphatic rings. The Balaban J connectivity index is 2.71. The Kier molecular flexibility index (Phi) is 2.22. The lowest BCUT2D eigenvalue weighted by atomic mass is 9.86. The van der Waals surface area contributed by atoms with E-state index in [0.29, 0.717) is 5.92 Å². The van der Waals surface area contributed by atoms with Gasteiger partial charge >= 0.3 is 0 Å². The van der Waals surface area contributed by atoms with Crippen molar-refractivity contribution < 1.29 is 4.92 Å². The van der Waals surface area contributed by atoms with Gasteiger partial charge in [-0.25, -0.2) is 0 Å². The van der Waals surface area contributed by atoms with Gasteiger partial charge in [-0.3, -0.25) is 10.1 Å². The van der Waals surface area contributed by atoms with E-state index < -0.39 is 5.54 Å². The van der Waals surface area contributed by atoms with Gasteiger partial charge in [0.05, 0.1) is 0 Å². The molecule has 0 saturated carbocycles. The van der Waals surface area contributed by atoms with Gasteiger partial charge in [0.1, 0.15) is 0 Å². The summed E-state index contributed by atoms with van der Waals surface area (Å²) in [6.45, 7) is 5.48. The van der Waals surface area contributed by atoms with Crippen molar-refractivity contribution >= 4 is 0 Å². The Hall–Kier alpha value is -0.860. The molecule has 0 aromatic heterocycles. The largest absolute Gasteiger partial charge is 0.264 e. The third-order valence-corrected chi connectivity index (χ3v) is 2.68. The summed E-state index contributed by atoms with van der Waals surface area (Å²) in [5.74, 6) is 0.594. The van der Waals surface area contributed by atoms with Crippen molar-refractivity contribution in [1.29, 1.82) is 0 Å². The van der Waals surface area contributed by atoms with E-state index in [2.05, 4.69) is 13.0 Å². The second kappa shape index (κ2) is 2.88. The van der Waals surface area contributed by atoms with Gasteiger partial charge in [0.2, 0.25) is 5.54 Å². The Labute approximate surface area is 72.6 Å². The summed E-state index contributed by atoms with van der Waals surface area (Å²) < 4.78 is 0. The summed E-state index contributed by atoms with van der Waals surface area (Å²) >= 11 is 0. The Morgan fingerprint density at radius 3 is 2.42 bits per heavy atom. The zero-order valence-corrected chi connectivity index (χ0v) is 7.78. The predicted octanol–water partition coefficient (Wildman–Crippen LogP) is 2.25. The third-order valence-electron chi connectivity index (χ3n) is 2.68. The van der Waals surface area contributed by atoms with Gasteiger partial charge in [-0.1, -0.05) is 19.1 Å². The third kappa shape index (κ3) is 1.49. The van der Waals surface area contributed by atoms with Crippen molar-refractivity contribution in [1.82, 2.24) is 0 Å². The molecule has 1 rings (SSSR count). The summed E-state index contributed by atoms with van der Waals surface area (Å²) in [6.07, 6.45) is 4.96. The summed E-state index contributed by atoms with van der Waals surface area (Å²) in [5, 5.41) is 10.7. The Morgan fingerprint density at radius 2 is 2.08 bits per heavy atom. The van der Waals surface area contributed by atoms with Gasteiger partial charge < -0.3 is 0 Å². The number of allylic oxidation sites excluding steroid dienone is 1. The van der Waals surface area contributed by atoms with Crippen LogP contribution in [0.2, 0.25) is 0 Å². The lowest BCUT2D eigenvalue weighted by molar-refractivity contribution is -0.568. The molecule has 0 bridgehead atoms. The molecule has 0 saturated heterocycles. The number of nitro groups is 1. The summed E-state index contributed by atoms with van der Waals surface area (Å²) in [6, 6.07) is 0. The molecule has 0 aromatic rings. The van der Waals surface area contributed by atoms with Crippen LogP contribution in [0.1, 0.15) is 27.2 Å². The van der Waals surface area contributed by atoms with E-state index in [-0.39, 0.29) is 10.8 Å². The highest BCUT2D eigenvalue weighted by atomic mass is 16.6. The van der Waals surface area contributed by atoms with Gasteiger partial charge in [-0.05, 0) is 12.3 Å². The molecule has 0 radical (unpaired) electrons. The van der Waals surface area contributed by atoms with Crippen LogP contribution in [0.5, 0.6) is 0 Å². The van der Waals surface area contributed by atoms with E-state index in [1.807, 2.05) is 6.08 Å². The molecule has 0 N–H and O–H groups in total. The molecule has 12 heavy (non-hydrogen) atoms. The number of hydrogen-bond acceptors (Lipinski definition) is 2. The average molecular weight is 169 g/mol. The van der Waals surface area contributed by atoms with Crippen LogP contribution in [0.25, 0.3) is 0 Å². The highest BCUT2D eigenvalue weighted by molar-refractivity contribution is 5.05. The molecule has 0 amide bonds. The second-order valence-electron chi connectivity index (χ2n) is 4.12. The van der Waals surface area contributed by atoms with E-state index in [4.69, 9.17) is 0 Å². The normalized spacial score (nSPS) is 29.2. The summed E-state index contributed by atoms with van der Waals surface area (Å²) in [5.41, 5.74) is -0.804. The zero-order valence-electron chi connectivity index (χ0n) is 7.78. The van der Waals surface area contributed by atoms with Gasteiger partial charge in [0.15, 0.2) is 0 Å². The molecule has 3 nitrogen and oxygen atoms in total. The molecule has 0 aliphatic heterocycles. The number of rotatable bonds is 2. The molecule has 3 heteroatoms. The minimum absolute atomic E-state index is 0.0995. The highest BCUT2D eigenvalue weighted by Gasteiger charge is 2.41. The van der Waals surface area contributed by atoms with E-state index in [0.717, 1.165) is 6.42 Å². The van der Waals surface area contributed by atoms with Crippen molar-refractivity contribution in [3.63, 3.8) is 0 Å². The minimum atomic E-state index is -0.804. The van der Waals surface area contributed by atoms with Crippen LogP contribution < -0.4 is 0 Å². The van der Waals surface area contributed by atoms with Crippen molar-refractivity contribution in [2.24, 2.45) is 11.8 Å². The van der Waals surface area contributed by atoms with Crippen LogP contribution in [0.3, 0.4) is 0 Å². The zero-order chi connectivity index (χ0) is 9.35. The van der Waals surface area contributed by atoms with Gasteiger partial charge in [0, 0.05) is 24.7 Å². The van der Waals surface area contributed by atoms with Crippen LogP contribution in [-0.4, -0.2) is 10.5 Å². The number of nitrogens with zero attached hydrogens (tertiary/aromatic N) is 1. The standard InChI is InChI=1S/C9H15NO2/c1-7-4-5-8(6-7)9(2,3)10(11)12/h4-5,7-8H,6H2,1-3H3. The quantitative estimate of drug-likeness (QED) is 0.361. The number of hydrogen-bond donors (Lipinski definition) is 0. The average Bonchev–Trinajstić information content (AvgIpc) is 2.35. The first-order chi connectivity index (χ1) is 5.44. The monoisotopic (exact) mass is 169 g/mol. The topological polar surface area (TPSA) is 43.1 Å². The van der Waals surface area contributed by atoms with E-state index >= 15 is 0 Å². The van der Waals surface area contributed by atoms with Crippen LogP contribution in [-0.2, 0) is 0 Å². The molecule has 1 aliphatic carbocycles. The molecule has 0 heterocycles.